The number of carbonyl (C=O) groups excluding carboxylic acids is 1. The van der Waals surface area contributed by atoms with Crippen LogP contribution < -0.4 is 15.1 Å². The number of aromatic nitrogens is 4. The van der Waals surface area contributed by atoms with Gasteiger partial charge in [-0.1, -0.05) is 19.9 Å². The van der Waals surface area contributed by atoms with Crippen LogP contribution >= 0.6 is 0 Å². The third kappa shape index (κ3) is 4.22. The second kappa shape index (κ2) is 9.14. The molecule has 2 aromatic heterocycles. The smallest absolute Gasteiger partial charge is 0.254 e. The first-order valence-corrected chi connectivity index (χ1v) is 13.0. The predicted octanol–water partition coefficient (Wildman–Crippen LogP) is 5.81. The number of hydrogen-bond acceptors (Lipinski definition) is 7. The number of carbonyl (C=O) groups is 1. The van der Waals surface area contributed by atoms with Gasteiger partial charge >= 0.3 is 0 Å². The minimum Gasteiger partial charge on any atom is -0.340 e. The largest absolute Gasteiger partial charge is 0.340 e. The summed E-state index contributed by atoms with van der Waals surface area (Å²) in [6, 6.07) is 15.0. The number of hydrogen-bond donors (Lipinski definition) is 2. The minimum absolute atomic E-state index is 0.0489. The van der Waals surface area contributed by atoms with Crippen LogP contribution in [0.15, 0.2) is 54.9 Å². The van der Waals surface area contributed by atoms with E-state index in [4.69, 9.17) is 4.98 Å². The normalized spacial score (nSPS) is 19.3. The highest BCUT2D eigenvalue weighted by molar-refractivity contribution is 6.10. The molecule has 9 heteroatoms. The van der Waals surface area contributed by atoms with Crippen molar-refractivity contribution in [1.29, 1.82) is 5.26 Å². The lowest BCUT2D eigenvalue weighted by molar-refractivity contribution is -0.119. The van der Waals surface area contributed by atoms with Gasteiger partial charge in [0.25, 0.3) is 5.91 Å². The van der Waals surface area contributed by atoms with Crippen molar-refractivity contribution in [3.63, 3.8) is 0 Å². The van der Waals surface area contributed by atoms with Crippen molar-refractivity contribution in [2.45, 2.75) is 58.5 Å². The highest BCUT2D eigenvalue weighted by Gasteiger charge is 2.42. The molecule has 2 N–H and O–H groups in total. The highest BCUT2D eigenvalue weighted by Crippen LogP contribution is 2.45. The van der Waals surface area contributed by atoms with Crippen molar-refractivity contribution in [3.05, 3.63) is 60.4 Å². The first kappa shape index (κ1) is 23.9. The molecule has 1 aliphatic heterocycles. The number of anilines is 5. The molecular weight excluding hydrogens is 476 g/mol. The Hall–Kier alpha value is -4.45. The molecule has 1 fully saturated rings. The minimum atomic E-state index is -0.413. The summed E-state index contributed by atoms with van der Waals surface area (Å²) >= 11 is 0. The molecule has 192 valence electrons. The fourth-order valence-electron chi connectivity index (χ4n) is 5.66. The molecule has 0 bridgehead atoms. The average molecular weight is 507 g/mol. The van der Waals surface area contributed by atoms with Crippen LogP contribution in [0.4, 0.5) is 28.8 Å². The summed E-state index contributed by atoms with van der Waals surface area (Å²) in [4.78, 5) is 27.3. The van der Waals surface area contributed by atoms with Gasteiger partial charge in [-0.2, -0.15) is 15.3 Å². The van der Waals surface area contributed by atoms with Crippen molar-refractivity contribution in [1.82, 2.24) is 20.2 Å². The molecule has 2 aromatic carbocycles. The molecule has 0 radical (unpaired) electrons. The molecule has 1 aliphatic carbocycles. The molecule has 38 heavy (non-hydrogen) atoms. The molecule has 0 saturated heterocycles. The second-order valence-electron chi connectivity index (χ2n) is 11.0. The number of amides is 1. The number of benzene rings is 2. The molecule has 0 unspecified atom stereocenters. The predicted molar refractivity (Wildman–Crippen MR) is 148 cm³/mol. The Kier molecular flexibility index (Phi) is 5.75. The van der Waals surface area contributed by atoms with Gasteiger partial charge in [0.2, 0.25) is 5.95 Å². The van der Waals surface area contributed by atoms with E-state index in [9.17, 15) is 10.1 Å². The van der Waals surface area contributed by atoms with Gasteiger partial charge < -0.3 is 10.2 Å². The van der Waals surface area contributed by atoms with E-state index >= 15 is 0 Å². The molecule has 4 aromatic rings. The average Bonchev–Trinajstić information content (AvgIpc) is 3.38. The standard InChI is InChI=1S/C29H30N8O/c1-18-27(38)37(23-6-4-5-19(13-23)15-30)25-17-31-28(33-21-7-8-24-20(14-21)16-32-35-24)34-26(25)36(18)22-9-11-29(2,3)12-10-22/h4-8,13-14,16-18,22H,9-12H2,1-3H3,(H,32,35)(H,31,33,34)/t18-/m1/s1. The Morgan fingerprint density at radius 3 is 2.74 bits per heavy atom. The Balaban J connectivity index is 1.43. The molecule has 1 atom stereocenters. The van der Waals surface area contributed by atoms with Crippen molar-refractivity contribution < 1.29 is 4.79 Å². The van der Waals surface area contributed by atoms with E-state index in [0.717, 1.165) is 48.1 Å². The van der Waals surface area contributed by atoms with Gasteiger partial charge in [-0.25, -0.2) is 4.98 Å². The van der Waals surface area contributed by atoms with Crippen LogP contribution in [0.2, 0.25) is 0 Å². The van der Waals surface area contributed by atoms with Crippen LogP contribution in [0.3, 0.4) is 0 Å². The lowest BCUT2D eigenvalue weighted by atomic mass is 9.75. The summed E-state index contributed by atoms with van der Waals surface area (Å²) in [6.45, 7) is 6.58. The summed E-state index contributed by atoms with van der Waals surface area (Å²) in [5.74, 6) is 1.14. The fourth-order valence-corrected chi connectivity index (χ4v) is 5.66. The Morgan fingerprint density at radius 2 is 1.95 bits per heavy atom. The van der Waals surface area contributed by atoms with Crippen LogP contribution in [0, 0.1) is 16.7 Å². The van der Waals surface area contributed by atoms with Crippen LogP contribution in [0.5, 0.6) is 0 Å². The zero-order valence-electron chi connectivity index (χ0n) is 21.8. The number of fused-ring (bicyclic) bond motifs is 2. The van der Waals surface area contributed by atoms with E-state index in [1.54, 1.807) is 35.5 Å². The quantitative estimate of drug-likeness (QED) is 0.359. The summed E-state index contributed by atoms with van der Waals surface area (Å²) in [7, 11) is 0. The van der Waals surface area contributed by atoms with Gasteiger partial charge in [0.05, 0.1) is 35.2 Å². The third-order valence-electron chi connectivity index (χ3n) is 7.86. The second-order valence-corrected chi connectivity index (χ2v) is 11.0. The first-order chi connectivity index (χ1) is 18.3. The number of H-pyrrole nitrogens is 1. The Labute approximate surface area is 221 Å². The highest BCUT2D eigenvalue weighted by atomic mass is 16.2. The Bertz CT molecular complexity index is 1560. The van der Waals surface area contributed by atoms with Crippen molar-refractivity contribution in [2.24, 2.45) is 5.41 Å². The summed E-state index contributed by atoms with van der Waals surface area (Å²) in [5.41, 5.74) is 3.87. The molecule has 9 nitrogen and oxygen atoms in total. The van der Waals surface area contributed by atoms with Gasteiger partial charge in [0.15, 0.2) is 5.82 Å². The molecule has 1 saturated carbocycles. The lowest BCUT2D eigenvalue weighted by Crippen LogP contribution is -2.55. The van der Waals surface area contributed by atoms with E-state index < -0.39 is 6.04 Å². The molecule has 1 amide bonds. The maximum atomic E-state index is 13.9. The van der Waals surface area contributed by atoms with E-state index in [1.165, 1.54) is 0 Å². The van der Waals surface area contributed by atoms with E-state index in [-0.39, 0.29) is 11.9 Å². The molecule has 6 rings (SSSR count). The number of nitrogens with zero attached hydrogens (tertiary/aromatic N) is 6. The number of rotatable bonds is 4. The zero-order valence-corrected chi connectivity index (χ0v) is 21.8. The van der Waals surface area contributed by atoms with Gasteiger partial charge in [-0.05, 0) is 74.4 Å². The lowest BCUT2D eigenvalue weighted by Gasteiger charge is -2.47. The maximum absolute atomic E-state index is 13.9. The molecule has 0 spiro atoms. The number of nitriles is 1. The monoisotopic (exact) mass is 506 g/mol. The SMILES string of the molecule is C[C@@H]1C(=O)N(c2cccc(C#N)c2)c2cnc(Nc3ccc4[nH]ncc4c3)nc2N1C1CCC(C)(C)CC1. The van der Waals surface area contributed by atoms with Gasteiger partial charge in [-0.15, -0.1) is 0 Å². The van der Waals surface area contributed by atoms with Crippen LogP contribution in [-0.2, 0) is 4.79 Å². The summed E-state index contributed by atoms with van der Waals surface area (Å²) in [5, 5.41) is 20.8. The zero-order chi connectivity index (χ0) is 26.4. The molecule has 3 heterocycles. The molecular formula is C29H30N8O. The van der Waals surface area contributed by atoms with Crippen LogP contribution in [-0.4, -0.2) is 38.2 Å². The van der Waals surface area contributed by atoms with Crippen LogP contribution in [0.1, 0.15) is 52.0 Å². The maximum Gasteiger partial charge on any atom is 0.254 e. The van der Waals surface area contributed by atoms with Crippen molar-refractivity contribution >= 4 is 45.6 Å². The number of nitrogens with one attached hydrogen (secondary N) is 2. The van der Waals surface area contributed by atoms with Gasteiger partial charge in [-0.3, -0.25) is 14.8 Å². The van der Waals surface area contributed by atoms with Gasteiger partial charge in [0.1, 0.15) is 11.7 Å². The Morgan fingerprint density at radius 1 is 1.13 bits per heavy atom. The van der Waals surface area contributed by atoms with Gasteiger partial charge in [0, 0.05) is 17.1 Å². The van der Waals surface area contributed by atoms with E-state index in [2.05, 4.69) is 45.3 Å². The van der Waals surface area contributed by atoms with E-state index in [0.29, 0.717) is 28.3 Å². The fraction of sp³-hybridized carbons (Fsp3) is 0.345. The van der Waals surface area contributed by atoms with Crippen molar-refractivity contribution in [2.75, 3.05) is 15.1 Å². The third-order valence-corrected chi connectivity index (χ3v) is 7.86. The van der Waals surface area contributed by atoms with Crippen molar-refractivity contribution in [3.8, 4) is 6.07 Å². The van der Waals surface area contributed by atoms with E-state index in [1.807, 2.05) is 31.2 Å². The topological polar surface area (TPSA) is 114 Å². The summed E-state index contributed by atoms with van der Waals surface area (Å²) < 4.78 is 0. The number of aromatic amines is 1. The summed E-state index contributed by atoms with van der Waals surface area (Å²) in [6.07, 6.45) is 7.68. The molecule has 2 aliphatic rings. The van der Waals surface area contributed by atoms with Crippen LogP contribution in [0.25, 0.3) is 10.9 Å². The first-order valence-electron chi connectivity index (χ1n) is 13.0.